The number of ketones is 1. The second-order valence-corrected chi connectivity index (χ2v) is 15.0. The van der Waals surface area contributed by atoms with Crippen LogP contribution in [0.15, 0.2) is 91.0 Å². The van der Waals surface area contributed by atoms with E-state index in [4.69, 9.17) is 17.0 Å². The minimum Gasteiger partial charge on any atom is -0.361 e. The van der Waals surface area contributed by atoms with E-state index in [1.54, 1.807) is 6.92 Å². The number of hydrogen-bond donors (Lipinski definition) is 5. The van der Waals surface area contributed by atoms with Gasteiger partial charge in [-0.2, -0.15) is 0 Å². The molecule has 10 nitrogen and oxygen atoms in total. The fourth-order valence-corrected chi connectivity index (χ4v) is 6.23. The summed E-state index contributed by atoms with van der Waals surface area (Å²) in [7, 11) is 0. The van der Waals surface area contributed by atoms with E-state index in [1.807, 2.05) is 119 Å². The largest absolute Gasteiger partial charge is 0.361 e. The van der Waals surface area contributed by atoms with E-state index in [0.717, 1.165) is 16.8 Å². The Hall–Kier alpha value is -4.61. The fourth-order valence-electron chi connectivity index (χ4n) is 5.97. The molecule has 0 unspecified atom stereocenters. The maximum Gasteiger partial charge on any atom is 0.243 e. The monoisotopic (exact) mass is 727 g/mol. The van der Waals surface area contributed by atoms with Crippen molar-refractivity contribution in [2.75, 3.05) is 11.9 Å². The summed E-state index contributed by atoms with van der Waals surface area (Å²) in [6.45, 7) is 9.93. The molecule has 0 spiro atoms. The predicted molar refractivity (Wildman–Crippen MR) is 209 cm³/mol. The Kier molecular flexibility index (Phi) is 14.9. The van der Waals surface area contributed by atoms with Gasteiger partial charge in [-0.05, 0) is 79.9 Å². The van der Waals surface area contributed by atoms with Crippen LogP contribution in [0.4, 0.5) is 5.69 Å². The first-order valence-corrected chi connectivity index (χ1v) is 18.5. The lowest BCUT2D eigenvalue weighted by Crippen LogP contribution is -2.59. The number of anilines is 1. The number of hydrogen-bond acceptors (Lipinski definition) is 6. The number of rotatable bonds is 19. The third-order valence-corrected chi connectivity index (χ3v) is 9.13. The highest BCUT2D eigenvalue weighted by Crippen LogP contribution is 2.29. The Morgan fingerprint density at radius 2 is 1.12 bits per heavy atom. The molecular formula is C41H53N5O5S. The third kappa shape index (κ3) is 12.9. The molecule has 5 atom stereocenters. The fraction of sp³-hybridized carbons (Fsp3) is 0.439. The van der Waals surface area contributed by atoms with Crippen molar-refractivity contribution in [1.82, 2.24) is 21.3 Å². The van der Waals surface area contributed by atoms with Gasteiger partial charge in [-0.15, -0.1) is 0 Å². The van der Waals surface area contributed by atoms with Crippen LogP contribution in [0.3, 0.4) is 0 Å². The molecular weight excluding hydrogens is 675 g/mol. The van der Waals surface area contributed by atoms with Gasteiger partial charge in [0.25, 0.3) is 0 Å². The van der Waals surface area contributed by atoms with Crippen LogP contribution in [-0.4, -0.2) is 65.0 Å². The zero-order chi connectivity index (χ0) is 37.7. The van der Waals surface area contributed by atoms with Gasteiger partial charge in [0, 0.05) is 12.1 Å². The smallest absolute Gasteiger partial charge is 0.243 e. The van der Waals surface area contributed by atoms with Crippen LogP contribution in [-0.2, 0) is 36.8 Å². The molecule has 1 fully saturated rings. The number of aryl methyl sites for hydroxylation is 1. The number of amides is 3. The lowest BCUT2D eigenvalue weighted by molar-refractivity contribution is -0.134. The summed E-state index contributed by atoms with van der Waals surface area (Å²) in [5, 5.41) is 15.4. The van der Waals surface area contributed by atoms with Crippen LogP contribution in [0.5, 0.6) is 0 Å². The van der Waals surface area contributed by atoms with Gasteiger partial charge >= 0.3 is 0 Å². The van der Waals surface area contributed by atoms with Crippen LogP contribution < -0.4 is 26.6 Å². The maximum atomic E-state index is 14.1. The van der Waals surface area contributed by atoms with Crippen molar-refractivity contribution in [2.24, 2.45) is 11.8 Å². The van der Waals surface area contributed by atoms with E-state index in [-0.39, 0.29) is 29.2 Å². The molecule has 278 valence electrons. The van der Waals surface area contributed by atoms with Gasteiger partial charge in [0.15, 0.2) is 10.9 Å². The van der Waals surface area contributed by atoms with E-state index >= 15 is 0 Å². The van der Waals surface area contributed by atoms with E-state index in [1.165, 1.54) is 0 Å². The van der Waals surface area contributed by atoms with Crippen LogP contribution >= 0.6 is 12.2 Å². The molecule has 1 aliphatic rings. The summed E-state index contributed by atoms with van der Waals surface area (Å²) >= 11 is 5.59. The molecule has 1 heterocycles. The number of nitrogens with one attached hydrogen (secondary N) is 5. The number of para-hydroxylation sites is 1. The highest BCUT2D eigenvalue weighted by atomic mass is 32.1. The summed E-state index contributed by atoms with van der Waals surface area (Å²) in [6, 6.07) is 25.1. The number of benzene rings is 3. The Morgan fingerprint density at radius 3 is 1.67 bits per heavy atom. The lowest BCUT2D eigenvalue weighted by Gasteiger charge is -2.28. The molecule has 0 aromatic heterocycles. The van der Waals surface area contributed by atoms with Gasteiger partial charge in [-0.1, -0.05) is 107 Å². The standard InChI is InChI=1S/C41H53N5O5S/c1-27(2)23-33(36(47)41(5)26-51-41)43-39(50)35(25-30-17-11-7-12-18-30)45-38(49)34(24-28(3)4)44-37(48)32(22-21-29-15-9-6-10-16-29)46-40(52)42-31-19-13-8-14-20-31/h6-20,27-28,32-35H,21-26H2,1-5H3,(H,43,50)(H,44,48)(H,45,49)(H2,42,46,52)/t32-,33-,34-,35-,41+/m0/s1. The predicted octanol–water partition coefficient (Wildman–Crippen LogP) is 5.12. The summed E-state index contributed by atoms with van der Waals surface area (Å²) < 4.78 is 5.42. The Labute approximate surface area is 313 Å². The summed E-state index contributed by atoms with van der Waals surface area (Å²) in [5.41, 5.74) is 1.76. The zero-order valence-corrected chi connectivity index (χ0v) is 31.6. The minimum atomic E-state index is -1.01. The lowest BCUT2D eigenvalue weighted by atomic mass is 9.93. The van der Waals surface area contributed by atoms with E-state index in [9.17, 15) is 19.2 Å². The zero-order valence-electron chi connectivity index (χ0n) is 30.8. The average Bonchev–Trinajstić information content (AvgIpc) is 3.87. The number of ether oxygens (including phenoxy) is 1. The Balaban J connectivity index is 1.53. The molecule has 52 heavy (non-hydrogen) atoms. The second kappa shape index (κ2) is 19.3. The van der Waals surface area contributed by atoms with Crippen molar-refractivity contribution < 1.29 is 23.9 Å². The molecule has 3 aromatic carbocycles. The molecule has 1 aliphatic heterocycles. The van der Waals surface area contributed by atoms with Crippen molar-refractivity contribution in [3.63, 3.8) is 0 Å². The van der Waals surface area contributed by atoms with Gasteiger partial charge in [0.05, 0.1) is 12.6 Å². The third-order valence-electron chi connectivity index (χ3n) is 8.91. The van der Waals surface area contributed by atoms with E-state index in [2.05, 4.69) is 26.6 Å². The molecule has 5 N–H and O–H groups in total. The number of carbonyl (C=O) groups is 4. The van der Waals surface area contributed by atoms with Crippen LogP contribution in [0.1, 0.15) is 65.0 Å². The molecule has 11 heteroatoms. The molecule has 0 radical (unpaired) electrons. The minimum absolute atomic E-state index is 0.0429. The van der Waals surface area contributed by atoms with Crippen molar-refractivity contribution in [2.45, 2.75) is 96.5 Å². The number of Topliss-reactive ketones (excluding diaryl/α,β-unsaturated/α-hetero) is 1. The number of thiocarbonyl (C=S) groups is 1. The first-order valence-electron chi connectivity index (χ1n) is 18.1. The Bertz CT molecular complexity index is 1630. The average molecular weight is 728 g/mol. The van der Waals surface area contributed by atoms with Gasteiger partial charge in [-0.3, -0.25) is 19.2 Å². The van der Waals surface area contributed by atoms with E-state index < -0.39 is 47.5 Å². The summed E-state index contributed by atoms with van der Waals surface area (Å²) in [6.07, 6.45) is 1.97. The second-order valence-electron chi connectivity index (χ2n) is 14.6. The summed E-state index contributed by atoms with van der Waals surface area (Å²) in [4.78, 5) is 55.4. The highest BCUT2D eigenvalue weighted by molar-refractivity contribution is 7.80. The Morgan fingerprint density at radius 1 is 0.654 bits per heavy atom. The van der Waals surface area contributed by atoms with Crippen molar-refractivity contribution >= 4 is 46.5 Å². The van der Waals surface area contributed by atoms with E-state index in [0.29, 0.717) is 32.3 Å². The molecule has 4 rings (SSSR count). The maximum absolute atomic E-state index is 14.1. The van der Waals surface area contributed by atoms with Crippen LogP contribution in [0.2, 0.25) is 0 Å². The molecule has 0 bridgehead atoms. The highest BCUT2D eigenvalue weighted by Gasteiger charge is 2.50. The van der Waals surface area contributed by atoms with Gasteiger partial charge in [-0.25, -0.2) is 0 Å². The first-order chi connectivity index (χ1) is 24.8. The SMILES string of the molecule is CC(C)C[C@H](NC(=O)[C@H](CCc1ccccc1)NC(=S)Nc1ccccc1)C(=O)N[C@@H](Cc1ccccc1)C(=O)N[C@@H](CC(C)C)C(=O)[C@@]1(C)CO1. The van der Waals surface area contributed by atoms with Gasteiger partial charge in [0.2, 0.25) is 17.7 Å². The number of carbonyl (C=O) groups excluding carboxylic acids is 4. The number of epoxide rings is 1. The van der Waals surface area contributed by atoms with Crippen molar-refractivity contribution in [3.8, 4) is 0 Å². The van der Waals surface area contributed by atoms with Crippen molar-refractivity contribution in [3.05, 3.63) is 102 Å². The van der Waals surface area contributed by atoms with Gasteiger partial charge < -0.3 is 31.3 Å². The molecule has 3 aromatic rings. The van der Waals surface area contributed by atoms with Gasteiger partial charge in [0.1, 0.15) is 23.7 Å². The molecule has 0 aliphatic carbocycles. The quantitative estimate of drug-likeness (QED) is 0.0847. The van der Waals surface area contributed by atoms with Crippen LogP contribution in [0, 0.1) is 11.8 Å². The normalized spacial score (nSPS) is 17.3. The first kappa shape index (κ1) is 40.2. The topological polar surface area (TPSA) is 141 Å². The van der Waals surface area contributed by atoms with Crippen molar-refractivity contribution in [1.29, 1.82) is 0 Å². The summed E-state index contributed by atoms with van der Waals surface area (Å²) in [5.74, 6) is -1.37. The molecule has 0 saturated carbocycles. The van der Waals surface area contributed by atoms with Crippen LogP contribution in [0.25, 0.3) is 0 Å². The molecule has 3 amide bonds. The molecule has 1 saturated heterocycles.